The lowest BCUT2D eigenvalue weighted by Crippen LogP contribution is -2.14. The van der Waals surface area contributed by atoms with Gasteiger partial charge < -0.3 is 14.8 Å². The lowest BCUT2D eigenvalue weighted by atomic mass is 10.2. The van der Waals surface area contributed by atoms with E-state index in [9.17, 15) is 4.79 Å². The molecule has 1 heterocycles. The van der Waals surface area contributed by atoms with Crippen molar-refractivity contribution in [1.29, 1.82) is 0 Å². The zero-order valence-corrected chi connectivity index (χ0v) is 16.6. The quantitative estimate of drug-likeness (QED) is 0.525. The van der Waals surface area contributed by atoms with Crippen LogP contribution in [0.25, 0.3) is 17.1 Å². The predicted molar refractivity (Wildman–Crippen MR) is 114 cm³/mol. The molecule has 0 atom stereocenters. The van der Waals surface area contributed by atoms with Gasteiger partial charge in [0, 0.05) is 11.3 Å². The Bertz CT molecular complexity index is 1140. The summed E-state index contributed by atoms with van der Waals surface area (Å²) in [6.45, 7) is 0. The molecule has 1 amide bonds. The minimum absolute atomic E-state index is 0.0699. The number of hydrogen-bond donors (Lipinski definition) is 1. The highest BCUT2D eigenvalue weighted by atomic mass is 16.5. The van der Waals surface area contributed by atoms with Crippen LogP contribution < -0.4 is 14.8 Å². The Balaban J connectivity index is 1.69. The van der Waals surface area contributed by atoms with Crippen molar-refractivity contribution in [3.8, 4) is 28.6 Å². The topological polar surface area (TPSA) is 78.3 Å². The number of anilines is 1. The SMILES string of the molecule is COc1ccc(NC(=O)c2nc(-c3ccccc3)n(-c3ccc(OC)cc3)n2)cc1. The van der Waals surface area contributed by atoms with Gasteiger partial charge >= 0.3 is 0 Å². The molecule has 0 spiro atoms. The van der Waals surface area contributed by atoms with Crippen molar-refractivity contribution >= 4 is 11.6 Å². The molecule has 0 aliphatic heterocycles. The molecule has 7 heteroatoms. The Labute approximate surface area is 173 Å². The third kappa shape index (κ3) is 4.00. The van der Waals surface area contributed by atoms with Gasteiger partial charge in [-0.15, -0.1) is 5.10 Å². The zero-order chi connectivity index (χ0) is 20.9. The van der Waals surface area contributed by atoms with Gasteiger partial charge in [-0.25, -0.2) is 9.67 Å². The second-order valence-corrected chi connectivity index (χ2v) is 6.42. The Kier molecular flexibility index (Phi) is 5.43. The van der Waals surface area contributed by atoms with Crippen molar-refractivity contribution in [3.05, 3.63) is 84.7 Å². The van der Waals surface area contributed by atoms with Crippen LogP contribution in [0.15, 0.2) is 78.9 Å². The van der Waals surface area contributed by atoms with E-state index in [1.54, 1.807) is 43.2 Å². The van der Waals surface area contributed by atoms with E-state index in [2.05, 4.69) is 15.4 Å². The van der Waals surface area contributed by atoms with Crippen LogP contribution in [-0.2, 0) is 0 Å². The highest BCUT2D eigenvalue weighted by molar-refractivity contribution is 6.01. The Morgan fingerprint density at radius 2 is 1.43 bits per heavy atom. The number of nitrogens with one attached hydrogen (secondary N) is 1. The molecule has 3 aromatic carbocycles. The molecular formula is C23H20N4O3. The number of carbonyl (C=O) groups is 1. The molecule has 0 aliphatic carbocycles. The van der Waals surface area contributed by atoms with Crippen molar-refractivity contribution < 1.29 is 14.3 Å². The number of amides is 1. The van der Waals surface area contributed by atoms with Gasteiger partial charge in [0.05, 0.1) is 19.9 Å². The first-order valence-corrected chi connectivity index (χ1v) is 9.30. The van der Waals surface area contributed by atoms with Gasteiger partial charge in [-0.3, -0.25) is 4.79 Å². The molecule has 4 aromatic rings. The van der Waals surface area contributed by atoms with E-state index < -0.39 is 5.91 Å². The molecule has 4 rings (SSSR count). The van der Waals surface area contributed by atoms with E-state index in [1.165, 1.54) is 0 Å². The summed E-state index contributed by atoms with van der Waals surface area (Å²) in [6.07, 6.45) is 0. The number of nitrogens with zero attached hydrogens (tertiary/aromatic N) is 3. The number of aromatic nitrogens is 3. The predicted octanol–water partition coefficient (Wildman–Crippen LogP) is 4.20. The normalized spacial score (nSPS) is 10.5. The van der Waals surface area contributed by atoms with Crippen LogP contribution in [0.1, 0.15) is 10.6 Å². The first kappa shape index (κ1) is 19.2. The Morgan fingerprint density at radius 3 is 2.03 bits per heavy atom. The van der Waals surface area contributed by atoms with Crippen LogP contribution in [-0.4, -0.2) is 34.9 Å². The minimum Gasteiger partial charge on any atom is -0.497 e. The summed E-state index contributed by atoms with van der Waals surface area (Å²) in [6, 6.07) is 24.1. The number of carbonyl (C=O) groups excluding carboxylic acids is 1. The summed E-state index contributed by atoms with van der Waals surface area (Å²) in [5.74, 6) is 1.68. The van der Waals surface area contributed by atoms with Crippen molar-refractivity contribution in [3.63, 3.8) is 0 Å². The molecule has 0 saturated heterocycles. The second kappa shape index (κ2) is 8.48. The summed E-state index contributed by atoms with van der Waals surface area (Å²) in [5, 5.41) is 7.29. The number of methoxy groups -OCH3 is 2. The first-order valence-electron chi connectivity index (χ1n) is 9.30. The largest absolute Gasteiger partial charge is 0.497 e. The fraction of sp³-hybridized carbons (Fsp3) is 0.0870. The van der Waals surface area contributed by atoms with Crippen molar-refractivity contribution in [2.75, 3.05) is 19.5 Å². The van der Waals surface area contributed by atoms with Crippen LogP contribution in [0.3, 0.4) is 0 Å². The van der Waals surface area contributed by atoms with Crippen LogP contribution in [0, 0.1) is 0 Å². The molecule has 7 nitrogen and oxygen atoms in total. The maximum atomic E-state index is 12.8. The maximum absolute atomic E-state index is 12.8. The number of ether oxygens (including phenoxy) is 2. The van der Waals surface area contributed by atoms with Crippen LogP contribution in [0.5, 0.6) is 11.5 Å². The molecule has 30 heavy (non-hydrogen) atoms. The molecular weight excluding hydrogens is 380 g/mol. The summed E-state index contributed by atoms with van der Waals surface area (Å²) in [4.78, 5) is 17.3. The Hall–Kier alpha value is -4.13. The van der Waals surface area contributed by atoms with Gasteiger partial charge in [0.1, 0.15) is 11.5 Å². The van der Waals surface area contributed by atoms with Crippen LogP contribution in [0.2, 0.25) is 0 Å². The monoisotopic (exact) mass is 400 g/mol. The third-order valence-corrected chi connectivity index (χ3v) is 4.51. The zero-order valence-electron chi connectivity index (χ0n) is 16.6. The molecule has 0 saturated carbocycles. The van der Waals surface area contributed by atoms with Gasteiger partial charge in [0.15, 0.2) is 5.82 Å². The minimum atomic E-state index is -0.399. The smallest absolute Gasteiger partial charge is 0.295 e. The average molecular weight is 400 g/mol. The van der Waals surface area contributed by atoms with Gasteiger partial charge in [-0.05, 0) is 48.5 Å². The van der Waals surface area contributed by atoms with Gasteiger partial charge in [-0.1, -0.05) is 30.3 Å². The molecule has 1 aromatic heterocycles. The van der Waals surface area contributed by atoms with Gasteiger partial charge in [-0.2, -0.15) is 0 Å². The third-order valence-electron chi connectivity index (χ3n) is 4.51. The molecule has 0 radical (unpaired) electrons. The lowest BCUT2D eigenvalue weighted by Gasteiger charge is -2.07. The molecule has 0 bridgehead atoms. The van der Waals surface area contributed by atoms with E-state index in [4.69, 9.17) is 9.47 Å². The first-order chi connectivity index (χ1) is 14.7. The fourth-order valence-corrected chi connectivity index (χ4v) is 2.95. The fourth-order valence-electron chi connectivity index (χ4n) is 2.95. The van der Waals surface area contributed by atoms with Crippen molar-refractivity contribution in [2.24, 2.45) is 0 Å². The highest BCUT2D eigenvalue weighted by Crippen LogP contribution is 2.23. The highest BCUT2D eigenvalue weighted by Gasteiger charge is 2.19. The van der Waals surface area contributed by atoms with E-state index in [0.29, 0.717) is 17.3 Å². The van der Waals surface area contributed by atoms with Crippen molar-refractivity contribution in [2.45, 2.75) is 0 Å². The average Bonchev–Trinajstić information content (AvgIpc) is 3.26. The van der Waals surface area contributed by atoms with Crippen LogP contribution >= 0.6 is 0 Å². The molecule has 1 N–H and O–H groups in total. The van der Waals surface area contributed by atoms with Crippen LogP contribution in [0.4, 0.5) is 5.69 Å². The Morgan fingerprint density at radius 1 is 0.833 bits per heavy atom. The van der Waals surface area contributed by atoms with E-state index >= 15 is 0 Å². The summed E-state index contributed by atoms with van der Waals surface area (Å²) >= 11 is 0. The van der Waals surface area contributed by atoms with Gasteiger partial charge in [0.25, 0.3) is 5.91 Å². The van der Waals surface area contributed by atoms with E-state index in [0.717, 1.165) is 17.0 Å². The molecule has 150 valence electrons. The summed E-state index contributed by atoms with van der Waals surface area (Å²) in [5.41, 5.74) is 2.25. The molecule has 0 unspecified atom stereocenters. The number of rotatable bonds is 6. The maximum Gasteiger partial charge on any atom is 0.295 e. The standard InChI is InChI=1S/C23H20N4O3/c1-29-19-12-8-17(9-13-19)24-23(28)21-25-22(16-6-4-3-5-7-16)27(26-21)18-10-14-20(30-2)15-11-18/h3-15H,1-2H3,(H,24,28). The number of hydrogen-bond acceptors (Lipinski definition) is 5. The molecule has 0 fully saturated rings. The second-order valence-electron chi connectivity index (χ2n) is 6.42. The van der Waals surface area contributed by atoms with E-state index in [1.807, 2.05) is 54.6 Å². The van der Waals surface area contributed by atoms with Crippen molar-refractivity contribution in [1.82, 2.24) is 14.8 Å². The lowest BCUT2D eigenvalue weighted by molar-refractivity contribution is 0.101. The summed E-state index contributed by atoms with van der Waals surface area (Å²) in [7, 11) is 3.20. The van der Waals surface area contributed by atoms with E-state index in [-0.39, 0.29) is 5.82 Å². The van der Waals surface area contributed by atoms with Gasteiger partial charge in [0.2, 0.25) is 5.82 Å². The molecule has 0 aliphatic rings. The summed E-state index contributed by atoms with van der Waals surface area (Å²) < 4.78 is 12.0. The number of benzene rings is 3.